The third-order valence-electron chi connectivity index (χ3n) is 4.73. The summed E-state index contributed by atoms with van der Waals surface area (Å²) in [6.07, 6.45) is -4.82. The number of alkyl halides is 3. The molecule has 0 atom stereocenters. The number of ether oxygens (including phenoxy) is 1. The fourth-order valence-electron chi connectivity index (χ4n) is 3.09. The van der Waals surface area contributed by atoms with Gasteiger partial charge >= 0.3 is 6.36 Å². The van der Waals surface area contributed by atoms with Crippen molar-refractivity contribution in [3.63, 3.8) is 0 Å². The van der Waals surface area contributed by atoms with E-state index in [1.807, 2.05) is 27.7 Å². The van der Waals surface area contributed by atoms with E-state index in [1.54, 1.807) is 10.6 Å². The highest BCUT2D eigenvalue weighted by atomic mass is 32.2. The van der Waals surface area contributed by atoms with Crippen LogP contribution in [0.3, 0.4) is 0 Å². The van der Waals surface area contributed by atoms with Crippen molar-refractivity contribution in [3.8, 4) is 5.75 Å². The van der Waals surface area contributed by atoms with E-state index in [2.05, 4.69) is 15.0 Å². The summed E-state index contributed by atoms with van der Waals surface area (Å²) in [5, 5.41) is 3.61. The van der Waals surface area contributed by atoms with Gasteiger partial charge in [-0.3, -0.25) is 14.2 Å². The summed E-state index contributed by atoms with van der Waals surface area (Å²) >= 11 is 2.54. The number of carbonyl (C=O) groups is 1. The number of hydrogen-bond donors (Lipinski definition) is 1. The number of rotatable bonds is 7. The number of benzene rings is 1. The van der Waals surface area contributed by atoms with Crippen LogP contribution in [0.2, 0.25) is 0 Å². The molecule has 2 aromatic heterocycles. The molecule has 0 aliphatic carbocycles. The molecule has 3 aromatic rings. The van der Waals surface area contributed by atoms with E-state index < -0.39 is 12.3 Å². The van der Waals surface area contributed by atoms with Crippen molar-refractivity contribution < 1.29 is 22.7 Å². The van der Waals surface area contributed by atoms with E-state index in [1.165, 1.54) is 29.5 Å². The largest absolute Gasteiger partial charge is 0.573 e. The molecule has 6 nitrogen and oxygen atoms in total. The van der Waals surface area contributed by atoms with Crippen LogP contribution in [0.1, 0.15) is 35.9 Å². The molecule has 11 heteroatoms. The van der Waals surface area contributed by atoms with Crippen molar-refractivity contribution in [2.75, 3.05) is 5.75 Å². The lowest BCUT2D eigenvalue weighted by atomic mass is 10.2. The first-order valence-corrected chi connectivity index (χ1v) is 11.5. The highest BCUT2D eigenvalue weighted by molar-refractivity contribution is 7.99. The molecule has 1 aromatic carbocycles. The summed E-state index contributed by atoms with van der Waals surface area (Å²) in [4.78, 5) is 31.7. The summed E-state index contributed by atoms with van der Waals surface area (Å²) in [7, 11) is 0. The van der Waals surface area contributed by atoms with E-state index in [9.17, 15) is 22.8 Å². The number of thiophene rings is 1. The van der Waals surface area contributed by atoms with Crippen LogP contribution in [-0.2, 0) is 11.3 Å². The lowest BCUT2D eigenvalue weighted by Crippen LogP contribution is -2.28. The summed E-state index contributed by atoms with van der Waals surface area (Å²) in [6, 6.07) is 5.46. The molecule has 0 saturated carbocycles. The number of halogens is 3. The summed E-state index contributed by atoms with van der Waals surface area (Å²) in [6.45, 7) is 7.43. The second-order valence-electron chi connectivity index (χ2n) is 7.35. The number of thioether (sulfide) groups is 1. The fourth-order valence-corrected chi connectivity index (χ4v) is 5.12. The van der Waals surface area contributed by atoms with Crippen LogP contribution in [0, 0.1) is 13.8 Å². The number of fused-ring (bicyclic) bond motifs is 1. The van der Waals surface area contributed by atoms with Gasteiger partial charge in [-0.05, 0) is 39.3 Å². The van der Waals surface area contributed by atoms with Crippen molar-refractivity contribution in [1.82, 2.24) is 14.9 Å². The molecule has 2 heterocycles. The maximum atomic E-state index is 13.0. The maximum Gasteiger partial charge on any atom is 0.573 e. The van der Waals surface area contributed by atoms with Gasteiger partial charge in [0.25, 0.3) is 5.56 Å². The van der Waals surface area contributed by atoms with Gasteiger partial charge in [0.1, 0.15) is 10.6 Å². The SMILES string of the molecule is Cc1sc2nc(SCC(=O)NCc3ccccc3OC(F)(F)F)n(C(C)C)c(=O)c2c1C. The summed E-state index contributed by atoms with van der Waals surface area (Å²) < 4.78 is 43.2. The molecule has 172 valence electrons. The minimum atomic E-state index is -4.82. The highest BCUT2D eigenvalue weighted by Crippen LogP contribution is 2.30. The predicted molar refractivity (Wildman–Crippen MR) is 119 cm³/mol. The molecule has 0 saturated heterocycles. The van der Waals surface area contributed by atoms with E-state index in [-0.39, 0.29) is 35.2 Å². The Morgan fingerprint density at radius 3 is 2.62 bits per heavy atom. The van der Waals surface area contributed by atoms with E-state index >= 15 is 0 Å². The summed E-state index contributed by atoms with van der Waals surface area (Å²) in [5.41, 5.74) is 0.963. The second kappa shape index (κ2) is 9.53. The average molecular weight is 486 g/mol. The molecule has 1 amide bonds. The number of nitrogens with one attached hydrogen (secondary N) is 1. The van der Waals surface area contributed by atoms with Gasteiger partial charge < -0.3 is 10.1 Å². The number of aryl methyl sites for hydroxylation is 2. The molecule has 0 bridgehead atoms. The summed E-state index contributed by atoms with van der Waals surface area (Å²) in [5.74, 6) is -0.812. The fraction of sp³-hybridized carbons (Fsp3) is 0.381. The number of amides is 1. The van der Waals surface area contributed by atoms with Crippen LogP contribution in [0.4, 0.5) is 13.2 Å². The normalized spacial score (nSPS) is 11.9. The number of para-hydroxylation sites is 1. The van der Waals surface area contributed by atoms with Crippen LogP contribution in [-0.4, -0.2) is 27.6 Å². The molecular weight excluding hydrogens is 463 g/mol. The standard InChI is InChI=1S/C21H22F3N3O3S2/c1-11(2)27-19(29)17-12(3)13(4)32-18(17)26-20(27)31-10-16(28)25-9-14-7-5-6-8-15(14)30-21(22,23)24/h5-8,11H,9-10H2,1-4H3,(H,25,28). The predicted octanol–water partition coefficient (Wildman–Crippen LogP) is 4.96. The molecule has 0 fully saturated rings. The van der Waals surface area contributed by atoms with E-state index in [0.29, 0.717) is 15.4 Å². The topological polar surface area (TPSA) is 73.2 Å². The Balaban J connectivity index is 1.73. The minimum Gasteiger partial charge on any atom is -0.405 e. The molecule has 3 rings (SSSR count). The second-order valence-corrected chi connectivity index (χ2v) is 9.49. The van der Waals surface area contributed by atoms with Crippen LogP contribution in [0.15, 0.2) is 34.2 Å². The van der Waals surface area contributed by atoms with Crippen molar-refractivity contribution in [1.29, 1.82) is 0 Å². The molecule has 1 N–H and O–H groups in total. The number of aromatic nitrogens is 2. The van der Waals surface area contributed by atoms with Gasteiger partial charge in [0.15, 0.2) is 5.16 Å². The molecule has 32 heavy (non-hydrogen) atoms. The highest BCUT2D eigenvalue weighted by Gasteiger charge is 2.32. The Hall–Kier alpha value is -2.53. The van der Waals surface area contributed by atoms with Gasteiger partial charge in [-0.15, -0.1) is 24.5 Å². The quantitative estimate of drug-likeness (QED) is 0.378. The van der Waals surface area contributed by atoms with E-state index in [4.69, 9.17) is 0 Å². The first kappa shape index (κ1) is 24.1. The molecule has 0 spiro atoms. The van der Waals surface area contributed by atoms with Gasteiger partial charge in [0.05, 0.1) is 11.1 Å². The van der Waals surface area contributed by atoms with E-state index in [0.717, 1.165) is 22.2 Å². The third-order valence-corrected chi connectivity index (χ3v) is 6.78. The average Bonchev–Trinajstić information content (AvgIpc) is 2.98. The molecule has 0 radical (unpaired) electrons. The smallest absolute Gasteiger partial charge is 0.405 e. The van der Waals surface area contributed by atoms with Crippen LogP contribution < -0.4 is 15.6 Å². The molecular formula is C21H22F3N3O3S2. The van der Waals surface area contributed by atoms with Gasteiger partial charge in [0.2, 0.25) is 5.91 Å². The Morgan fingerprint density at radius 2 is 1.97 bits per heavy atom. The Labute approximate surface area is 190 Å². The number of nitrogens with zero attached hydrogens (tertiary/aromatic N) is 2. The van der Waals surface area contributed by atoms with Crippen LogP contribution >= 0.6 is 23.1 Å². The van der Waals surface area contributed by atoms with Gasteiger partial charge in [-0.1, -0.05) is 30.0 Å². The minimum absolute atomic E-state index is 0.0453. The first-order valence-electron chi connectivity index (χ1n) is 9.73. The molecule has 0 aliphatic heterocycles. The number of carbonyl (C=O) groups excluding carboxylic acids is 1. The van der Waals surface area contributed by atoms with Crippen LogP contribution in [0.5, 0.6) is 5.75 Å². The zero-order valence-corrected chi connectivity index (χ0v) is 19.5. The maximum absolute atomic E-state index is 13.0. The Morgan fingerprint density at radius 1 is 1.28 bits per heavy atom. The van der Waals surface area contributed by atoms with Crippen molar-refractivity contribution in [2.24, 2.45) is 0 Å². The first-order chi connectivity index (χ1) is 15.0. The van der Waals surface area contributed by atoms with Gasteiger partial charge in [-0.25, -0.2) is 4.98 Å². The lowest BCUT2D eigenvalue weighted by molar-refractivity contribution is -0.274. The van der Waals surface area contributed by atoms with Gasteiger partial charge in [0, 0.05) is 23.0 Å². The molecule has 0 unspecified atom stereocenters. The Bertz CT molecular complexity index is 1200. The van der Waals surface area contributed by atoms with Crippen molar-refractivity contribution >= 4 is 39.2 Å². The van der Waals surface area contributed by atoms with Crippen LogP contribution in [0.25, 0.3) is 10.2 Å². The number of hydrogen-bond acceptors (Lipinski definition) is 6. The zero-order chi connectivity index (χ0) is 23.6. The van der Waals surface area contributed by atoms with Gasteiger partial charge in [-0.2, -0.15) is 0 Å². The van der Waals surface area contributed by atoms with Crippen molar-refractivity contribution in [2.45, 2.75) is 51.8 Å². The van der Waals surface area contributed by atoms with Crippen molar-refractivity contribution in [3.05, 3.63) is 50.6 Å². The Kier molecular flexibility index (Phi) is 7.19. The third kappa shape index (κ3) is 5.44. The zero-order valence-electron chi connectivity index (χ0n) is 17.9. The monoisotopic (exact) mass is 485 g/mol. The lowest BCUT2D eigenvalue weighted by Gasteiger charge is -2.16. The molecule has 0 aliphatic rings.